The zero-order valence-corrected chi connectivity index (χ0v) is 60.3. The molecule has 518 valence electrons. The summed E-state index contributed by atoms with van der Waals surface area (Å²) in [5.74, 6) is 0.184. The van der Waals surface area contributed by atoms with Crippen molar-refractivity contribution in [1.82, 2.24) is 14.7 Å². The molecule has 5 rings (SSSR count). The zero-order chi connectivity index (χ0) is 70.6. The standard InChI is InChI=1S/C16H25NO3.C16H24O3.C15H23NO3.C15H22O3.C14H21NO2/c1-16(2,3)20-12-13-6-8-14(9-7-13)15(18)17(4)10-11-19-5;1-16(2,3)19-12-13-7-9-14(10-8-13)15(17)6-5-11-18-4;1-15(2,3)19-11-12-5-7-13(8-6-12)14(18)16(4)9-10-17;1-15(2,3)18-11-12-6-8-13(9-7-12)14(17)5-4-10-16;1-14(2,3)17-10-11-6-8-12(9-7-11)13(16)15(4)5/h6-9H,10-12H2,1-5H3;7-10H,5-6,11-12H2,1-4H3;5-8,17H,9-11H2,1-4H3;6-9,16H,4-5,10-11H2,1-3H3;6-9H,10H2,1-5H3. The van der Waals surface area contributed by atoms with Crippen molar-refractivity contribution >= 4 is 29.3 Å². The highest BCUT2D eigenvalue weighted by atomic mass is 16.5. The summed E-state index contributed by atoms with van der Waals surface area (Å²) >= 11 is 0. The third kappa shape index (κ3) is 40.4. The minimum atomic E-state index is -0.171. The largest absolute Gasteiger partial charge is 0.396 e. The molecule has 0 saturated heterocycles. The number of hydrogen-bond donors (Lipinski definition) is 2. The minimum Gasteiger partial charge on any atom is -0.396 e. The first kappa shape index (κ1) is 84.5. The zero-order valence-electron chi connectivity index (χ0n) is 60.3. The SMILES string of the molecule is CC(C)(C)OCc1ccc(C(=O)CCCO)cc1.CN(C)C(=O)c1ccc(COC(C)(C)C)cc1.CN(CCO)C(=O)c1ccc(COC(C)(C)C)cc1.COCCCC(=O)c1ccc(COC(C)(C)C)cc1.COCCN(C)C(=O)c1ccc(COC(C)(C)C)cc1. The molecular weight excluding hydrogens is 1180 g/mol. The Bertz CT molecular complexity index is 2890. The first-order valence-corrected chi connectivity index (χ1v) is 31.9. The summed E-state index contributed by atoms with van der Waals surface area (Å²) < 4.78 is 38.3. The predicted molar refractivity (Wildman–Crippen MR) is 372 cm³/mol. The van der Waals surface area contributed by atoms with Crippen molar-refractivity contribution < 1.29 is 67.3 Å². The highest BCUT2D eigenvalue weighted by molar-refractivity contribution is 5.97. The molecule has 3 amide bonds. The number of carbonyl (C=O) groups excluding carboxylic acids is 5. The average Bonchev–Trinajstić information content (AvgIpc) is 1.41. The maximum Gasteiger partial charge on any atom is 0.253 e. The van der Waals surface area contributed by atoms with Gasteiger partial charge in [-0.1, -0.05) is 84.9 Å². The lowest BCUT2D eigenvalue weighted by Crippen LogP contribution is -2.29. The van der Waals surface area contributed by atoms with E-state index in [1.165, 1.54) is 4.90 Å². The fraction of sp³-hybridized carbons (Fsp3) is 0.539. The van der Waals surface area contributed by atoms with Gasteiger partial charge in [0, 0.05) is 109 Å². The van der Waals surface area contributed by atoms with Crippen LogP contribution in [0.25, 0.3) is 0 Å². The van der Waals surface area contributed by atoms with Gasteiger partial charge in [-0.2, -0.15) is 0 Å². The molecule has 5 aromatic carbocycles. The van der Waals surface area contributed by atoms with E-state index in [-0.39, 0.29) is 70.5 Å². The second-order valence-corrected chi connectivity index (χ2v) is 27.6. The van der Waals surface area contributed by atoms with Gasteiger partial charge in [-0.15, -0.1) is 0 Å². The Balaban J connectivity index is 0.000000582. The molecule has 0 aromatic heterocycles. The molecule has 5 aromatic rings. The molecule has 0 aliphatic heterocycles. The number of nitrogens with zero attached hydrogens (tertiary/aromatic N) is 3. The lowest BCUT2D eigenvalue weighted by molar-refractivity contribution is -0.0152. The van der Waals surface area contributed by atoms with Crippen LogP contribution in [-0.2, 0) is 66.2 Å². The highest BCUT2D eigenvalue weighted by Crippen LogP contribution is 2.19. The van der Waals surface area contributed by atoms with E-state index in [2.05, 4.69) is 0 Å². The molecule has 93 heavy (non-hydrogen) atoms. The van der Waals surface area contributed by atoms with Crippen LogP contribution in [-0.4, -0.2) is 164 Å². The van der Waals surface area contributed by atoms with E-state index >= 15 is 0 Å². The highest BCUT2D eigenvalue weighted by Gasteiger charge is 2.17. The molecule has 0 atom stereocenters. The number of ketones is 2. The number of aliphatic hydroxyl groups is 2. The molecule has 0 bridgehead atoms. The fourth-order valence-corrected chi connectivity index (χ4v) is 7.49. The minimum absolute atomic E-state index is 0.00494. The van der Waals surface area contributed by atoms with Gasteiger partial charge < -0.3 is 58.1 Å². The van der Waals surface area contributed by atoms with Gasteiger partial charge in [-0.25, -0.2) is 0 Å². The van der Waals surface area contributed by atoms with Crippen LogP contribution in [0.5, 0.6) is 0 Å². The Morgan fingerprint density at radius 2 is 0.581 bits per heavy atom. The van der Waals surface area contributed by atoms with Crippen molar-refractivity contribution in [2.45, 2.75) is 191 Å². The van der Waals surface area contributed by atoms with Crippen molar-refractivity contribution in [1.29, 1.82) is 0 Å². The van der Waals surface area contributed by atoms with Crippen molar-refractivity contribution in [2.24, 2.45) is 0 Å². The number of benzene rings is 5. The van der Waals surface area contributed by atoms with Gasteiger partial charge in [-0.05, 0) is 181 Å². The van der Waals surface area contributed by atoms with E-state index in [4.69, 9.17) is 43.4 Å². The summed E-state index contributed by atoms with van der Waals surface area (Å²) in [6.07, 6.45) is 2.22. The molecule has 0 spiro atoms. The van der Waals surface area contributed by atoms with Crippen LogP contribution in [0.2, 0.25) is 0 Å². The average molecular weight is 1290 g/mol. The summed E-state index contributed by atoms with van der Waals surface area (Å²) in [4.78, 5) is 64.0. The van der Waals surface area contributed by atoms with E-state index in [9.17, 15) is 24.0 Å². The molecule has 0 unspecified atom stereocenters. The summed E-state index contributed by atoms with van der Waals surface area (Å²) in [5, 5.41) is 17.5. The maximum absolute atomic E-state index is 12.1. The predicted octanol–water partition coefficient (Wildman–Crippen LogP) is 14.1. The summed E-state index contributed by atoms with van der Waals surface area (Å²) in [6.45, 7) is 35.2. The number of likely N-dealkylation sites (N-methyl/N-ethyl adjacent to an activating group) is 2. The second-order valence-electron chi connectivity index (χ2n) is 27.6. The fourth-order valence-electron chi connectivity index (χ4n) is 7.49. The third-order valence-electron chi connectivity index (χ3n) is 13.0. The number of amides is 3. The number of methoxy groups -OCH3 is 2. The monoisotopic (exact) mass is 1290 g/mol. The molecule has 17 nitrogen and oxygen atoms in total. The van der Waals surface area contributed by atoms with E-state index in [1.54, 1.807) is 64.3 Å². The van der Waals surface area contributed by atoms with Crippen molar-refractivity contribution in [3.05, 3.63) is 177 Å². The van der Waals surface area contributed by atoms with Gasteiger partial charge in [0.05, 0.1) is 74.3 Å². The molecule has 0 aliphatic carbocycles. The number of carbonyl (C=O) groups is 5. The molecule has 0 radical (unpaired) electrons. The van der Waals surface area contributed by atoms with Crippen molar-refractivity contribution in [3.8, 4) is 0 Å². The van der Waals surface area contributed by atoms with Crippen LogP contribution in [0.1, 0.15) is 209 Å². The van der Waals surface area contributed by atoms with Gasteiger partial charge in [0.1, 0.15) is 0 Å². The van der Waals surface area contributed by atoms with Crippen LogP contribution in [0.4, 0.5) is 0 Å². The molecule has 0 heterocycles. The number of ether oxygens (including phenoxy) is 7. The molecule has 0 fully saturated rings. The molecular formula is C76H115N3O14. The first-order valence-electron chi connectivity index (χ1n) is 31.9. The quantitative estimate of drug-likeness (QED) is 0.0371. The lowest BCUT2D eigenvalue weighted by Gasteiger charge is -2.20. The Labute approximate surface area is 558 Å². The lowest BCUT2D eigenvalue weighted by atomic mass is 10.0. The summed E-state index contributed by atoms with van der Waals surface area (Å²) in [6, 6.07) is 37.6. The molecule has 0 aliphatic rings. The summed E-state index contributed by atoms with van der Waals surface area (Å²) in [5.41, 5.74) is 8.02. The second kappa shape index (κ2) is 42.7. The Hall–Kier alpha value is -6.51. The van der Waals surface area contributed by atoms with Gasteiger partial charge >= 0.3 is 0 Å². The van der Waals surface area contributed by atoms with E-state index in [0.717, 1.165) is 39.8 Å². The molecule has 0 saturated carbocycles. The van der Waals surface area contributed by atoms with Crippen LogP contribution in [0.15, 0.2) is 121 Å². The van der Waals surface area contributed by atoms with Gasteiger partial charge in [-0.3, -0.25) is 24.0 Å². The van der Waals surface area contributed by atoms with Crippen LogP contribution in [0, 0.1) is 0 Å². The van der Waals surface area contributed by atoms with Crippen molar-refractivity contribution in [3.63, 3.8) is 0 Å². The topological polar surface area (TPSA) is 200 Å². The van der Waals surface area contributed by atoms with Gasteiger partial charge in [0.15, 0.2) is 11.6 Å². The number of aliphatic hydroxyl groups excluding tert-OH is 2. The normalized spacial score (nSPS) is 11.5. The van der Waals surface area contributed by atoms with Gasteiger partial charge in [0.25, 0.3) is 17.7 Å². The van der Waals surface area contributed by atoms with Crippen LogP contribution in [0.3, 0.4) is 0 Å². The van der Waals surface area contributed by atoms with E-state index in [0.29, 0.717) is 101 Å². The number of hydrogen-bond acceptors (Lipinski definition) is 14. The smallest absolute Gasteiger partial charge is 0.253 e. The van der Waals surface area contributed by atoms with Crippen LogP contribution < -0.4 is 0 Å². The number of Topliss-reactive ketones (excluding diaryl/α,β-unsaturated/α-hetero) is 2. The Kier molecular flexibility index (Phi) is 38.8. The maximum atomic E-state index is 12.1. The van der Waals surface area contributed by atoms with Gasteiger partial charge in [0.2, 0.25) is 0 Å². The van der Waals surface area contributed by atoms with Crippen LogP contribution >= 0.6 is 0 Å². The van der Waals surface area contributed by atoms with Crippen molar-refractivity contribution in [2.75, 3.05) is 81.9 Å². The summed E-state index contributed by atoms with van der Waals surface area (Å²) in [7, 11) is 10.2. The molecule has 17 heteroatoms. The first-order chi connectivity index (χ1) is 43.3. The number of rotatable bonds is 27. The Morgan fingerprint density at radius 1 is 0.333 bits per heavy atom. The Morgan fingerprint density at radius 3 is 0.817 bits per heavy atom. The third-order valence-corrected chi connectivity index (χ3v) is 13.0. The molecule has 2 N–H and O–H groups in total. The van der Waals surface area contributed by atoms with E-state index in [1.807, 2.05) is 213 Å². The van der Waals surface area contributed by atoms with E-state index < -0.39 is 0 Å².